The minimum atomic E-state index is 1.17. The Labute approximate surface area is 462 Å². The number of fused-ring (bicyclic) bond motifs is 7. The van der Waals surface area contributed by atoms with E-state index >= 15 is 0 Å². The molecular weight excluding hydrogens is 965 g/mol. The van der Waals surface area contributed by atoms with Crippen molar-refractivity contribution < 1.29 is 0 Å². The second kappa shape index (κ2) is 17.5. The number of aromatic nitrogens is 2. The number of rotatable bonds is 5. The molecule has 2 aliphatic carbocycles. The summed E-state index contributed by atoms with van der Waals surface area (Å²) in [6.45, 7) is 0. The van der Waals surface area contributed by atoms with Crippen molar-refractivity contribution in [2.24, 2.45) is 0 Å². The molecule has 16 aromatic rings. The van der Waals surface area contributed by atoms with Gasteiger partial charge in [-0.25, -0.2) is 0 Å². The molecule has 0 fully saturated rings. The molecule has 0 saturated carbocycles. The Hall–Kier alpha value is -10.5. The lowest BCUT2D eigenvalue weighted by Crippen LogP contribution is -1.97. The summed E-state index contributed by atoms with van der Waals surface area (Å²) in [7, 11) is 0. The Balaban J connectivity index is 0.000000128. The van der Waals surface area contributed by atoms with E-state index in [0.29, 0.717) is 0 Å². The van der Waals surface area contributed by atoms with Gasteiger partial charge >= 0.3 is 0 Å². The maximum atomic E-state index is 2.50. The number of hydrogen-bond acceptors (Lipinski definition) is 0. The summed E-state index contributed by atoms with van der Waals surface area (Å²) in [5.74, 6) is 0. The van der Waals surface area contributed by atoms with Crippen LogP contribution in [0.25, 0.3) is 165 Å². The van der Waals surface area contributed by atoms with Crippen molar-refractivity contribution in [1.29, 1.82) is 0 Å². The van der Waals surface area contributed by atoms with Gasteiger partial charge in [-0.1, -0.05) is 249 Å². The van der Waals surface area contributed by atoms with Gasteiger partial charge in [-0.05, 0) is 147 Å². The van der Waals surface area contributed by atoms with E-state index in [-0.39, 0.29) is 0 Å². The minimum Gasteiger partial charge on any atom is -0.309 e. The Morgan fingerprint density at radius 2 is 0.550 bits per heavy atom. The molecule has 2 aromatic heterocycles. The fourth-order valence-corrected chi connectivity index (χ4v) is 13.9. The standard InChI is InChI=1S/C40H25N.C38H23N/c1-2-10-26(11-3-1)30-13-4-5-14-31(30)27-20-23-29(24-21-27)41-36-19-9-18-35-33-16-7-6-15-32(33)34-17-8-12-28-22-25-37(41)40(38(28)34)39(35)36;1-2-10-24(11-3-1)26-21-23-33(30-16-7-6-13-27(26)30)39-34-19-9-18-32-29-15-5-4-14-28(29)31-17-8-12-25-20-22-35(39)38(36(25)31)37(32)34/h1-25H;1-23H. The number of benzene rings is 14. The van der Waals surface area contributed by atoms with E-state index in [0.717, 1.165) is 0 Å². The van der Waals surface area contributed by atoms with Crippen LogP contribution in [0, 0.1) is 0 Å². The number of hydrogen-bond donors (Lipinski definition) is 0. The molecule has 18 rings (SSSR count). The van der Waals surface area contributed by atoms with Crippen molar-refractivity contribution in [3.63, 3.8) is 0 Å². The summed E-state index contributed by atoms with van der Waals surface area (Å²) < 4.78 is 4.95. The van der Waals surface area contributed by atoms with Crippen LogP contribution in [-0.4, -0.2) is 9.13 Å². The van der Waals surface area contributed by atoms with Gasteiger partial charge in [-0.15, -0.1) is 0 Å². The predicted molar refractivity (Wildman–Crippen MR) is 339 cm³/mol. The van der Waals surface area contributed by atoms with E-state index in [4.69, 9.17) is 0 Å². The van der Waals surface area contributed by atoms with Gasteiger partial charge in [-0.3, -0.25) is 0 Å². The first kappa shape index (κ1) is 44.6. The van der Waals surface area contributed by atoms with Crippen molar-refractivity contribution >= 4 is 75.9 Å². The van der Waals surface area contributed by atoms with Gasteiger partial charge in [0.1, 0.15) is 0 Å². The highest BCUT2D eigenvalue weighted by molar-refractivity contribution is 6.32. The molecule has 0 bridgehead atoms. The zero-order valence-corrected chi connectivity index (χ0v) is 43.6. The summed E-state index contributed by atoms with van der Waals surface area (Å²) in [5.41, 5.74) is 25.3. The topological polar surface area (TPSA) is 9.86 Å². The zero-order chi connectivity index (χ0) is 52.4. The zero-order valence-electron chi connectivity index (χ0n) is 43.6. The molecule has 2 heteroatoms. The van der Waals surface area contributed by atoms with Gasteiger partial charge in [-0.2, -0.15) is 0 Å². The lowest BCUT2D eigenvalue weighted by molar-refractivity contribution is 1.18. The van der Waals surface area contributed by atoms with E-state index in [2.05, 4.69) is 300 Å². The Morgan fingerprint density at radius 3 is 1.07 bits per heavy atom. The van der Waals surface area contributed by atoms with Gasteiger partial charge in [0.25, 0.3) is 0 Å². The van der Waals surface area contributed by atoms with Crippen LogP contribution in [0.1, 0.15) is 0 Å². The van der Waals surface area contributed by atoms with E-state index in [1.807, 2.05) is 0 Å². The Bertz CT molecular complexity index is 5210. The molecule has 0 unspecified atom stereocenters. The highest BCUT2D eigenvalue weighted by Crippen LogP contribution is 2.52. The van der Waals surface area contributed by atoms with Gasteiger partial charge in [0.05, 0.1) is 27.8 Å². The van der Waals surface area contributed by atoms with Crippen LogP contribution in [0.5, 0.6) is 0 Å². The average molecular weight is 1010 g/mol. The van der Waals surface area contributed by atoms with E-state index in [9.17, 15) is 0 Å². The lowest BCUT2D eigenvalue weighted by Gasteiger charge is -2.16. The van der Waals surface area contributed by atoms with E-state index in [1.54, 1.807) is 0 Å². The van der Waals surface area contributed by atoms with Crippen molar-refractivity contribution in [2.75, 3.05) is 0 Å². The van der Waals surface area contributed by atoms with Crippen molar-refractivity contribution in [3.8, 4) is 89.3 Å². The SMILES string of the molecule is c1ccc(-c2ccc(-n3c4cccc5c4c4c6c(cccc6ccc43)-c3ccccc3-5)c3ccccc23)cc1.c1ccc(-c2ccccc2-c2ccc(-n3c4cccc5c4c4c6c(cccc6ccc43)-c3ccccc3-5)cc2)cc1. The fraction of sp³-hybridized carbons (Fsp3) is 0. The third-order valence-corrected chi connectivity index (χ3v) is 17.3. The smallest absolute Gasteiger partial charge is 0.0548 e. The van der Waals surface area contributed by atoms with Crippen molar-refractivity contribution in [1.82, 2.24) is 9.13 Å². The third-order valence-electron chi connectivity index (χ3n) is 17.3. The second-order valence-electron chi connectivity index (χ2n) is 21.4. The van der Waals surface area contributed by atoms with Crippen LogP contribution in [0.3, 0.4) is 0 Å². The van der Waals surface area contributed by atoms with E-state index < -0.39 is 0 Å². The van der Waals surface area contributed by atoms with Crippen LogP contribution >= 0.6 is 0 Å². The first-order valence-electron chi connectivity index (χ1n) is 27.8. The maximum Gasteiger partial charge on any atom is 0.0548 e. The third kappa shape index (κ3) is 6.48. The van der Waals surface area contributed by atoms with Crippen molar-refractivity contribution in [3.05, 3.63) is 291 Å². The Kier molecular flexibility index (Phi) is 9.75. The van der Waals surface area contributed by atoms with Gasteiger partial charge < -0.3 is 9.13 Å². The lowest BCUT2D eigenvalue weighted by atomic mass is 9.93. The minimum absolute atomic E-state index is 1.17. The van der Waals surface area contributed by atoms with Crippen LogP contribution in [-0.2, 0) is 0 Å². The first-order valence-corrected chi connectivity index (χ1v) is 27.8. The van der Waals surface area contributed by atoms with Crippen LogP contribution in [0.15, 0.2) is 291 Å². The molecule has 0 aliphatic heterocycles. The van der Waals surface area contributed by atoms with Crippen LogP contribution < -0.4 is 0 Å². The number of nitrogens with zero attached hydrogens (tertiary/aromatic N) is 2. The summed E-state index contributed by atoms with van der Waals surface area (Å²) in [6.07, 6.45) is 0. The molecular formula is C78H48N2. The molecule has 0 radical (unpaired) electrons. The molecule has 80 heavy (non-hydrogen) atoms. The van der Waals surface area contributed by atoms with Gasteiger partial charge in [0, 0.05) is 32.6 Å². The summed E-state index contributed by atoms with van der Waals surface area (Å²) in [5, 5.41) is 13.2. The summed E-state index contributed by atoms with van der Waals surface area (Å²) in [6, 6.07) is 107. The first-order chi connectivity index (χ1) is 39.7. The summed E-state index contributed by atoms with van der Waals surface area (Å²) >= 11 is 0. The van der Waals surface area contributed by atoms with Gasteiger partial charge in [0.2, 0.25) is 0 Å². The summed E-state index contributed by atoms with van der Waals surface area (Å²) in [4.78, 5) is 0. The molecule has 0 N–H and O–H groups in total. The highest BCUT2D eigenvalue weighted by Gasteiger charge is 2.27. The monoisotopic (exact) mass is 1010 g/mol. The quantitative estimate of drug-likeness (QED) is 0.163. The molecule has 370 valence electrons. The molecule has 2 nitrogen and oxygen atoms in total. The van der Waals surface area contributed by atoms with Crippen LogP contribution in [0.4, 0.5) is 0 Å². The second-order valence-corrected chi connectivity index (χ2v) is 21.4. The highest BCUT2D eigenvalue weighted by atomic mass is 15.0. The fourth-order valence-electron chi connectivity index (χ4n) is 13.9. The maximum absolute atomic E-state index is 2.50. The molecule has 0 amide bonds. The van der Waals surface area contributed by atoms with Crippen molar-refractivity contribution in [2.45, 2.75) is 0 Å². The van der Waals surface area contributed by atoms with E-state index in [1.165, 1.54) is 165 Å². The average Bonchev–Trinajstić information content (AvgIpc) is 4.21. The molecule has 0 spiro atoms. The molecule has 0 atom stereocenters. The largest absolute Gasteiger partial charge is 0.309 e. The molecule has 2 heterocycles. The predicted octanol–water partition coefficient (Wildman–Crippen LogP) is 21.3. The molecule has 14 aromatic carbocycles. The molecule has 2 aliphatic rings. The van der Waals surface area contributed by atoms with Gasteiger partial charge in [0.15, 0.2) is 0 Å². The normalized spacial score (nSPS) is 12.0. The Morgan fingerprint density at radius 1 is 0.175 bits per heavy atom. The van der Waals surface area contributed by atoms with Crippen LogP contribution in [0.2, 0.25) is 0 Å². The molecule has 0 saturated heterocycles.